The molecule has 11 heavy (non-hydrogen) atoms. The fourth-order valence-electron chi connectivity index (χ4n) is 1.02. The molecular weight excluding hydrogens is 251 g/mol. The number of hydrogen-bond donors (Lipinski definition) is 1. The Morgan fingerprint density at radius 2 is 1.73 bits per heavy atom. The molecule has 0 aliphatic heterocycles. The maximum atomic E-state index is 9.51. The number of phenols is 1. The van der Waals surface area contributed by atoms with Crippen LogP contribution in [0.3, 0.4) is 0 Å². The van der Waals surface area contributed by atoms with E-state index in [-0.39, 0.29) is 0 Å². The molecule has 0 bridgehead atoms. The molecule has 0 atom stereocenters. The monoisotopic (exact) mass is 262 g/mol. The molecule has 1 N–H and O–H groups in total. The lowest BCUT2D eigenvalue weighted by Crippen LogP contribution is -1.89. The predicted octanol–water partition coefficient (Wildman–Crippen LogP) is 2.92. The molecule has 60 valence electrons. The molecule has 0 spiro atoms. The second-order valence-electron chi connectivity index (χ2n) is 2.77. The van der Waals surface area contributed by atoms with Crippen LogP contribution in [0, 0.1) is 24.3 Å². The Balaban J connectivity index is 3.46. The normalized spacial score (nSPS) is 10.2. The Labute approximate surface area is 80.6 Å². The van der Waals surface area contributed by atoms with Crippen LogP contribution in [-0.4, -0.2) is 5.11 Å². The number of hydrogen-bond acceptors (Lipinski definition) is 1. The predicted molar refractivity (Wildman–Crippen MR) is 55.0 cm³/mol. The quantitative estimate of drug-likeness (QED) is 0.713. The number of halogens is 1. The van der Waals surface area contributed by atoms with Crippen molar-refractivity contribution in [3.63, 3.8) is 0 Å². The summed E-state index contributed by atoms with van der Waals surface area (Å²) in [5.74, 6) is 0.433. The summed E-state index contributed by atoms with van der Waals surface area (Å²) < 4.78 is 1.22. The molecule has 0 aliphatic carbocycles. The first-order valence-electron chi connectivity index (χ1n) is 3.49. The molecule has 0 radical (unpaired) electrons. The first-order chi connectivity index (χ1) is 5.04. The third-order valence-electron chi connectivity index (χ3n) is 1.99. The van der Waals surface area contributed by atoms with Gasteiger partial charge < -0.3 is 5.11 Å². The van der Waals surface area contributed by atoms with Crippen LogP contribution in [0.2, 0.25) is 0 Å². The van der Waals surface area contributed by atoms with Crippen molar-refractivity contribution in [2.75, 3.05) is 0 Å². The van der Waals surface area contributed by atoms with E-state index in [9.17, 15) is 5.11 Å². The van der Waals surface area contributed by atoms with E-state index in [1.54, 1.807) is 0 Å². The Bertz CT molecular complexity index is 266. The summed E-state index contributed by atoms with van der Waals surface area (Å²) in [6.45, 7) is 5.89. The van der Waals surface area contributed by atoms with E-state index >= 15 is 0 Å². The van der Waals surface area contributed by atoms with Gasteiger partial charge in [-0.25, -0.2) is 0 Å². The lowest BCUT2D eigenvalue weighted by molar-refractivity contribution is 0.466. The average Bonchev–Trinajstić information content (AvgIpc) is 1.97. The average molecular weight is 262 g/mol. The van der Waals surface area contributed by atoms with Gasteiger partial charge in [0.25, 0.3) is 0 Å². The van der Waals surface area contributed by atoms with Crippen molar-refractivity contribution in [1.29, 1.82) is 0 Å². The van der Waals surface area contributed by atoms with Gasteiger partial charge in [-0.05, 0) is 66.1 Å². The lowest BCUT2D eigenvalue weighted by Gasteiger charge is -2.07. The summed E-state index contributed by atoms with van der Waals surface area (Å²) in [6, 6.07) is 2.00. The molecule has 0 saturated carbocycles. The van der Waals surface area contributed by atoms with Crippen molar-refractivity contribution in [1.82, 2.24) is 0 Å². The lowest BCUT2D eigenvalue weighted by atomic mass is 10.1. The maximum Gasteiger partial charge on any atom is 0.121 e. The Morgan fingerprint density at radius 1 is 1.18 bits per heavy atom. The zero-order valence-corrected chi connectivity index (χ0v) is 9.06. The minimum absolute atomic E-state index is 0.433. The van der Waals surface area contributed by atoms with Crippen molar-refractivity contribution in [3.8, 4) is 5.75 Å². The van der Waals surface area contributed by atoms with E-state index in [1.165, 1.54) is 9.13 Å². The summed E-state index contributed by atoms with van der Waals surface area (Å²) in [7, 11) is 0. The third-order valence-corrected chi connectivity index (χ3v) is 3.11. The van der Waals surface area contributed by atoms with Crippen LogP contribution in [0.25, 0.3) is 0 Å². The van der Waals surface area contributed by atoms with Gasteiger partial charge in [0.15, 0.2) is 0 Å². The summed E-state index contributed by atoms with van der Waals surface area (Å²) in [6.07, 6.45) is 0. The minimum Gasteiger partial charge on any atom is -0.507 e. The summed E-state index contributed by atoms with van der Waals surface area (Å²) >= 11 is 2.28. The van der Waals surface area contributed by atoms with E-state index in [4.69, 9.17) is 0 Å². The van der Waals surface area contributed by atoms with Crippen LogP contribution in [0.4, 0.5) is 0 Å². The number of aromatic hydroxyl groups is 1. The molecule has 1 aromatic rings. The van der Waals surface area contributed by atoms with E-state index in [0.29, 0.717) is 5.75 Å². The van der Waals surface area contributed by atoms with Gasteiger partial charge in [0.2, 0.25) is 0 Å². The Morgan fingerprint density at radius 3 is 2.27 bits per heavy atom. The van der Waals surface area contributed by atoms with Gasteiger partial charge in [-0.1, -0.05) is 0 Å². The van der Waals surface area contributed by atoms with Gasteiger partial charge in [-0.3, -0.25) is 0 Å². The fraction of sp³-hybridized carbons (Fsp3) is 0.333. The first kappa shape index (κ1) is 8.84. The second kappa shape index (κ2) is 3.01. The molecule has 1 rings (SSSR count). The Kier molecular flexibility index (Phi) is 2.42. The summed E-state index contributed by atoms with van der Waals surface area (Å²) in [4.78, 5) is 0. The minimum atomic E-state index is 0.433. The van der Waals surface area contributed by atoms with Gasteiger partial charge in [0.1, 0.15) is 5.75 Å². The van der Waals surface area contributed by atoms with Gasteiger partial charge in [0.05, 0.1) is 0 Å². The molecule has 2 heteroatoms. The molecule has 0 saturated heterocycles. The van der Waals surface area contributed by atoms with E-state index in [1.807, 2.05) is 26.8 Å². The van der Waals surface area contributed by atoms with E-state index in [0.717, 1.165) is 11.1 Å². The zero-order valence-electron chi connectivity index (χ0n) is 6.90. The topological polar surface area (TPSA) is 20.2 Å². The van der Waals surface area contributed by atoms with Crippen LogP contribution in [0.5, 0.6) is 5.75 Å². The van der Waals surface area contributed by atoms with Crippen molar-refractivity contribution in [2.45, 2.75) is 20.8 Å². The fourth-order valence-corrected chi connectivity index (χ4v) is 1.89. The standard InChI is InChI=1S/C9H11IO/c1-5-4-8(10)6(2)7(3)9(5)11/h4,11H,1-3H3. The van der Waals surface area contributed by atoms with E-state index in [2.05, 4.69) is 22.6 Å². The maximum absolute atomic E-state index is 9.51. The highest BCUT2D eigenvalue weighted by Crippen LogP contribution is 2.27. The molecule has 0 amide bonds. The molecule has 1 nitrogen and oxygen atoms in total. The van der Waals surface area contributed by atoms with Crippen LogP contribution in [0.15, 0.2) is 6.07 Å². The molecule has 0 unspecified atom stereocenters. The molecular formula is C9H11IO. The summed E-state index contributed by atoms with van der Waals surface area (Å²) in [5.41, 5.74) is 3.13. The molecule has 0 heterocycles. The highest BCUT2D eigenvalue weighted by atomic mass is 127. The van der Waals surface area contributed by atoms with Crippen molar-refractivity contribution >= 4 is 22.6 Å². The van der Waals surface area contributed by atoms with Crippen LogP contribution in [0.1, 0.15) is 16.7 Å². The second-order valence-corrected chi connectivity index (χ2v) is 3.94. The molecule has 0 aromatic heterocycles. The number of aryl methyl sites for hydroxylation is 1. The van der Waals surface area contributed by atoms with Crippen molar-refractivity contribution < 1.29 is 5.11 Å². The SMILES string of the molecule is Cc1cc(I)c(C)c(C)c1O. The van der Waals surface area contributed by atoms with Gasteiger partial charge in [0, 0.05) is 3.57 Å². The van der Waals surface area contributed by atoms with Crippen LogP contribution in [-0.2, 0) is 0 Å². The Hall–Kier alpha value is -0.250. The molecule has 0 fully saturated rings. The molecule has 0 aliphatic rings. The number of rotatable bonds is 0. The van der Waals surface area contributed by atoms with Crippen molar-refractivity contribution in [2.24, 2.45) is 0 Å². The highest BCUT2D eigenvalue weighted by molar-refractivity contribution is 14.1. The number of benzene rings is 1. The largest absolute Gasteiger partial charge is 0.507 e. The highest BCUT2D eigenvalue weighted by Gasteiger charge is 2.05. The van der Waals surface area contributed by atoms with Crippen LogP contribution < -0.4 is 0 Å². The van der Waals surface area contributed by atoms with Crippen LogP contribution >= 0.6 is 22.6 Å². The molecule has 1 aromatic carbocycles. The van der Waals surface area contributed by atoms with Crippen molar-refractivity contribution in [3.05, 3.63) is 26.3 Å². The van der Waals surface area contributed by atoms with Gasteiger partial charge in [-0.2, -0.15) is 0 Å². The van der Waals surface area contributed by atoms with Gasteiger partial charge >= 0.3 is 0 Å². The smallest absolute Gasteiger partial charge is 0.121 e. The van der Waals surface area contributed by atoms with E-state index < -0.39 is 0 Å². The zero-order chi connectivity index (χ0) is 8.59. The number of phenolic OH excluding ortho intramolecular Hbond substituents is 1. The summed E-state index contributed by atoms with van der Waals surface area (Å²) in [5, 5.41) is 9.51. The first-order valence-corrected chi connectivity index (χ1v) is 4.57. The third kappa shape index (κ3) is 1.50. The van der Waals surface area contributed by atoms with Gasteiger partial charge in [-0.15, -0.1) is 0 Å².